The van der Waals surface area contributed by atoms with Crippen LogP contribution in [0.25, 0.3) is 0 Å². The number of carbonyl (C=O) groups excluding carboxylic acids is 1. The van der Waals surface area contributed by atoms with E-state index in [0.29, 0.717) is 12.4 Å². The molecular weight excluding hydrogens is 208 g/mol. The lowest BCUT2D eigenvalue weighted by Gasteiger charge is -2.18. The zero-order chi connectivity index (χ0) is 11.6. The highest BCUT2D eigenvalue weighted by Gasteiger charge is 2.36. The predicted octanol–water partition coefficient (Wildman–Crippen LogP) is 0.418. The van der Waals surface area contributed by atoms with E-state index >= 15 is 0 Å². The topological polar surface area (TPSA) is 80.0 Å². The number of nitrogens with zero attached hydrogens (tertiary/aromatic N) is 2. The fraction of sp³-hybridized carbons (Fsp3) is 0.700. The maximum absolute atomic E-state index is 11.5. The highest BCUT2D eigenvalue weighted by Crippen LogP contribution is 2.28. The molecule has 1 atom stereocenters. The Labute approximate surface area is 93.8 Å². The zero-order valence-corrected chi connectivity index (χ0v) is 9.54. The third kappa shape index (κ3) is 1.92. The van der Waals surface area contributed by atoms with Gasteiger partial charge >= 0.3 is 0 Å². The molecule has 2 heterocycles. The third-order valence-corrected chi connectivity index (χ3v) is 2.81. The summed E-state index contributed by atoms with van der Waals surface area (Å²) in [5, 5.41) is 9.63. The first-order chi connectivity index (χ1) is 7.65. The second-order valence-electron chi connectivity index (χ2n) is 4.15. The Bertz CT molecular complexity index is 382. The van der Waals surface area contributed by atoms with E-state index in [9.17, 15) is 4.79 Å². The number of rotatable bonds is 3. The van der Waals surface area contributed by atoms with Crippen LogP contribution in [0.1, 0.15) is 43.2 Å². The highest BCUT2D eigenvalue weighted by atomic mass is 16.5. The molecule has 2 N–H and O–H groups in total. The Morgan fingerprint density at radius 1 is 1.69 bits per heavy atom. The minimum Gasteiger partial charge on any atom is -0.349 e. The first-order valence-electron chi connectivity index (χ1n) is 5.53. The van der Waals surface area contributed by atoms with Gasteiger partial charge in [0, 0.05) is 6.54 Å². The normalized spacial score (nSPS) is 24.6. The largest absolute Gasteiger partial charge is 0.349 e. The molecule has 16 heavy (non-hydrogen) atoms. The second kappa shape index (κ2) is 4.21. The summed E-state index contributed by atoms with van der Waals surface area (Å²) in [6.07, 6.45) is 2.03. The van der Waals surface area contributed by atoms with E-state index in [0.717, 1.165) is 19.4 Å². The maximum Gasteiger partial charge on any atom is 0.292 e. The van der Waals surface area contributed by atoms with Crippen LogP contribution in [0.4, 0.5) is 0 Å². The molecule has 1 unspecified atom stereocenters. The van der Waals surface area contributed by atoms with Gasteiger partial charge in [0.2, 0.25) is 5.89 Å². The van der Waals surface area contributed by atoms with Crippen molar-refractivity contribution in [2.45, 2.75) is 32.2 Å². The molecule has 1 saturated heterocycles. The monoisotopic (exact) mass is 224 g/mol. The fourth-order valence-electron chi connectivity index (χ4n) is 1.86. The number of aromatic nitrogens is 2. The van der Waals surface area contributed by atoms with Gasteiger partial charge in [-0.15, -0.1) is 0 Å². The van der Waals surface area contributed by atoms with Gasteiger partial charge in [0.15, 0.2) is 0 Å². The Morgan fingerprint density at radius 3 is 3.12 bits per heavy atom. The number of hydrogen-bond donors (Lipinski definition) is 2. The van der Waals surface area contributed by atoms with Gasteiger partial charge in [0.1, 0.15) is 0 Å². The smallest absolute Gasteiger partial charge is 0.292 e. The van der Waals surface area contributed by atoms with Crippen molar-refractivity contribution >= 4 is 5.91 Å². The first-order valence-corrected chi connectivity index (χ1v) is 5.53. The quantitative estimate of drug-likeness (QED) is 0.777. The zero-order valence-electron chi connectivity index (χ0n) is 9.54. The van der Waals surface area contributed by atoms with Crippen molar-refractivity contribution < 1.29 is 9.32 Å². The van der Waals surface area contributed by atoms with E-state index in [2.05, 4.69) is 20.8 Å². The van der Waals surface area contributed by atoms with Crippen LogP contribution >= 0.6 is 0 Å². The van der Waals surface area contributed by atoms with Gasteiger partial charge in [-0.2, -0.15) is 4.98 Å². The average Bonchev–Trinajstić information content (AvgIpc) is 2.86. The van der Waals surface area contributed by atoms with Crippen LogP contribution in [0.5, 0.6) is 0 Å². The summed E-state index contributed by atoms with van der Waals surface area (Å²) in [6, 6.07) is 0. The molecule has 88 valence electrons. The van der Waals surface area contributed by atoms with Gasteiger partial charge in [-0.3, -0.25) is 4.79 Å². The minimum atomic E-state index is -0.293. The summed E-state index contributed by atoms with van der Waals surface area (Å²) in [5.74, 6) is 0.303. The van der Waals surface area contributed by atoms with Gasteiger partial charge in [0.05, 0.1) is 5.54 Å². The second-order valence-corrected chi connectivity index (χ2v) is 4.15. The summed E-state index contributed by atoms with van der Waals surface area (Å²) in [6.45, 7) is 5.35. The van der Waals surface area contributed by atoms with Crippen LogP contribution in [-0.4, -0.2) is 29.1 Å². The number of carbonyl (C=O) groups is 1. The molecule has 0 saturated carbocycles. The van der Waals surface area contributed by atoms with Crippen LogP contribution < -0.4 is 10.6 Å². The summed E-state index contributed by atoms with van der Waals surface area (Å²) in [5.41, 5.74) is -0.280. The van der Waals surface area contributed by atoms with Crippen LogP contribution in [0.15, 0.2) is 4.52 Å². The van der Waals surface area contributed by atoms with Crippen LogP contribution in [0, 0.1) is 0 Å². The lowest BCUT2D eigenvalue weighted by molar-refractivity contribution is 0.0942. The molecule has 1 aromatic rings. The van der Waals surface area contributed by atoms with Crippen molar-refractivity contribution in [1.29, 1.82) is 0 Å². The molecule has 1 fully saturated rings. The molecule has 0 aromatic carbocycles. The van der Waals surface area contributed by atoms with E-state index in [-0.39, 0.29) is 17.3 Å². The lowest BCUT2D eigenvalue weighted by Crippen LogP contribution is -2.33. The van der Waals surface area contributed by atoms with Gasteiger partial charge in [-0.1, -0.05) is 5.16 Å². The SMILES string of the molecule is CCNC(=O)c1noc(C2(C)CCCN2)n1. The molecule has 0 radical (unpaired) electrons. The molecule has 1 aliphatic rings. The first kappa shape index (κ1) is 11.1. The molecule has 0 bridgehead atoms. The van der Waals surface area contributed by atoms with Gasteiger partial charge in [-0.05, 0) is 33.2 Å². The van der Waals surface area contributed by atoms with Gasteiger partial charge in [-0.25, -0.2) is 0 Å². The van der Waals surface area contributed by atoms with Crippen LogP contribution in [-0.2, 0) is 5.54 Å². The highest BCUT2D eigenvalue weighted by molar-refractivity contribution is 5.90. The summed E-state index contributed by atoms with van der Waals surface area (Å²) >= 11 is 0. The van der Waals surface area contributed by atoms with Gasteiger partial charge < -0.3 is 15.2 Å². The molecule has 2 rings (SSSR count). The van der Waals surface area contributed by atoms with Crippen molar-refractivity contribution in [3.05, 3.63) is 11.7 Å². The fourth-order valence-corrected chi connectivity index (χ4v) is 1.86. The van der Waals surface area contributed by atoms with E-state index < -0.39 is 0 Å². The Kier molecular flexibility index (Phi) is 2.91. The minimum absolute atomic E-state index is 0.103. The Hall–Kier alpha value is -1.43. The molecule has 6 heteroatoms. The summed E-state index contributed by atoms with van der Waals surface area (Å²) in [4.78, 5) is 15.6. The van der Waals surface area contributed by atoms with Crippen molar-refractivity contribution in [1.82, 2.24) is 20.8 Å². The van der Waals surface area contributed by atoms with E-state index in [1.807, 2.05) is 13.8 Å². The number of hydrogen-bond acceptors (Lipinski definition) is 5. The summed E-state index contributed by atoms with van der Waals surface area (Å²) in [7, 11) is 0. The third-order valence-electron chi connectivity index (χ3n) is 2.81. The Balaban J connectivity index is 2.16. The van der Waals surface area contributed by atoms with Crippen molar-refractivity contribution in [2.24, 2.45) is 0 Å². The Morgan fingerprint density at radius 2 is 2.50 bits per heavy atom. The molecule has 0 aliphatic carbocycles. The van der Waals surface area contributed by atoms with Gasteiger partial charge in [0.25, 0.3) is 11.7 Å². The van der Waals surface area contributed by atoms with Crippen molar-refractivity contribution in [2.75, 3.05) is 13.1 Å². The standard InChI is InChI=1S/C10H16N4O2/c1-3-11-8(15)7-13-9(16-14-7)10(2)5-4-6-12-10/h12H,3-6H2,1-2H3,(H,11,15). The van der Waals surface area contributed by atoms with E-state index in [1.165, 1.54) is 0 Å². The molecule has 0 spiro atoms. The van der Waals surface area contributed by atoms with E-state index in [4.69, 9.17) is 4.52 Å². The number of amides is 1. The molecule has 6 nitrogen and oxygen atoms in total. The molecule has 1 aromatic heterocycles. The van der Waals surface area contributed by atoms with Crippen LogP contribution in [0.3, 0.4) is 0 Å². The lowest BCUT2D eigenvalue weighted by atomic mass is 10.0. The van der Waals surface area contributed by atoms with Crippen molar-refractivity contribution in [3.63, 3.8) is 0 Å². The summed E-state index contributed by atoms with van der Waals surface area (Å²) < 4.78 is 5.13. The average molecular weight is 224 g/mol. The van der Waals surface area contributed by atoms with E-state index in [1.54, 1.807) is 0 Å². The molecule has 1 amide bonds. The predicted molar refractivity (Wildman–Crippen MR) is 56.9 cm³/mol. The van der Waals surface area contributed by atoms with Crippen molar-refractivity contribution in [3.8, 4) is 0 Å². The number of nitrogens with one attached hydrogen (secondary N) is 2. The van der Waals surface area contributed by atoms with Crippen LogP contribution in [0.2, 0.25) is 0 Å². The molecule has 1 aliphatic heterocycles. The molecular formula is C10H16N4O2. The maximum atomic E-state index is 11.5.